The van der Waals surface area contributed by atoms with E-state index in [-0.39, 0.29) is 0 Å². The Morgan fingerprint density at radius 1 is 1.29 bits per heavy atom. The van der Waals surface area contributed by atoms with E-state index in [9.17, 15) is 0 Å². The summed E-state index contributed by atoms with van der Waals surface area (Å²) in [6.45, 7) is 7.19. The normalized spacial score (nSPS) is 18.4. The first kappa shape index (κ1) is 16.1. The molecule has 0 saturated carbocycles. The summed E-state index contributed by atoms with van der Waals surface area (Å²) in [6, 6.07) is 2.65. The van der Waals surface area contributed by atoms with Crippen LogP contribution in [0, 0.1) is 0 Å². The number of likely N-dealkylation sites (N-methyl/N-ethyl adjacent to an activating group) is 1. The van der Waals surface area contributed by atoms with E-state index in [0.29, 0.717) is 6.04 Å². The molecule has 0 saturated heterocycles. The van der Waals surface area contributed by atoms with E-state index in [2.05, 4.69) is 37.2 Å². The largest absolute Gasteiger partial charge is 0.496 e. The van der Waals surface area contributed by atoms with Crippen LogP contribution in [0.3, 0.4) is 0 Å². The molecule has 0 bridgehead atoms. The molecule has 1 aliphatic rings. The Hall–Kier alpha value is -1.26. The molecule has 1 unspecified atom stereocenters. The van der Waals surface area contributed by atoms with E-state index in [4.69, 9.17) is 9.47 Å². The molecule has 0 fully saturated rings. The molecule has 1 aromatic carbocycles. The van der Waals surface area contributed by atoms with Crippen molar-refractivity contribution in [3.8, 4) is 11.5 Å². The fourth-order valence-corrected chi connectivity index (χ4v) is 3.00. The molecule has 4 heteroatoms. The van der Waals surface area contributed by atoms with E-state index in [1.807, 2.05) is 0 Å². The fourth-order valence-electron chi connectivity index (χ4n) is 3.00. The topological polar surface area (TPSA) is 33.7 Å². The molecule has 0 spiro atoms. The molecule has 2 rings (SSSR count). The van der Waals surface area contributed by atoms with Gasteiger partial charge >= 0.3 is 0 Å². The molecule has 0 amide bonds. The average Bonchev–Trinajstić information content (AvgIpc) is 2.48. The van der Waals surface area contributed by atoms with E-state index >= 15 is 0 Å². The minimum Gasteiger partial charge on any atom is -0.496 e. The summed E-state index contributed by atoms with van der Waals surface area (Å²) in [5.74, 6) is 2.02. The first-order valence-corrected chi connectivity index (χ1v) is 7.78. The van der Waals surface area contributed by atoms with Crippen molar-refractivity contribution in [3.63, 3.8) is 0 Å². The van der Waals surface area contributed by atoms with Crippen LogP contribution in [0.5, 0.6) is 11.5 Å². The summed E-state index contributed by atoms with van der Waals surface area (Å²) in [5, 5.41) is 3.46. The van der Waals surface area contributed by atoms with Gasteiger partial charge in [0, 0.05) is 35.8 Å². The van der Waals surface area contributed by atoms with Crippen LogP contribution in [0.25, 0.3) is 0 Å². The monoisotopic (exact) mass is 292 g/mol. The van der Waals surface area contributed by atoms with E-state index in [0.717, 1.165) is 44.0 Å². The maximum atomic E-state index is 5.74. The van der Waals surface area contributed by atoms with Crippen LogP contribution in [0.1, 0.15) is 37.0 Å². The molecule has 1 aromatic rings. The third-order valence-electron chi connectivity index (χ3n) is 4.36. The standard InChI is InChI=1S/C17H28N2O2/c1-6-7-18-10-13-9-16(20-4)15-11-19(3)12(2)8-14(15)17(13)21-5/h9,12,18H,6-8,10-11H2,1-5H3. The van der Waals surface area contributed by atoms with Crippen molar-refractivity contribution < 1.29 is 9.47 Å². The lowest BCUT2D eigenvalue weighted by atomic mass is 9.91. The van der Waals surface area contributed by atoms with Crippen LogP contribution in [-0.4, -0.2) is 38.8 Å². The van der Waals surface area contributed by atoms with Gasteiger partial charge in [-0.05, 0) is 39.4 Å². The zero-order chi connectivity index (χ0) is 15.4. The van der Waals surface area contributed by atoms with Gasteiger partial charge in [0.1, 0.15) is 11.5 Å². The first-order chi connectivity index (χ1) is 10.1. The summed E-state index contributed by atoms with van der Waals surface area (Å²) in [4.78, 5) is 2.36. The fraction of sp³-hybridized carbons (Fsp3) is 0.647. The molecule has 118 valence electrons. The van der Waals surface area contributed by atoms with Gasteiger partial charge in [-0.1, -0.05) is 6.92 Å². The smallest absolute Gasteiger partial charge is 0.127 e. The number of methoxy groups -OCH3 is 2. The highest BCUT2D eigenvalue weighted by Crippen LogP contribution is 2.39. The SMILES string of the molecule is CCCNCc1cc(OC)c2c(c1OC)CC(C)N(C)C2. The van der Waals surface area contributed by atoms with Crippen LogP contribution in [0.2, 0.25) is 0 Å². The summed E-state index contributed by atoms with van der Waals surface area (Å²) in [6.07, 6.45) is 2.14. The van der Waals surface area contributed by atoms with Crippen LogP contribution < -0.4 is 14.8 Å². The van der Waals surface area contributed by atoms with Crippen molar-refractivity contribution in [1.82, 2.24) is 10.2 Å². The summed E-state index contributed by atoms with van der Waals surface area (Å²) in [7, 11) is 5.69. The van der Waals surface area contributed by atoms with Gasteiger partial charge < -0.3 is 14.8 Å². The van der Waals surface area contributed by atoms with Crippen LogP contribution in [-0.2, 0) is 19.5 Å². The second-order valence-electron chi connectivity index (χ2n) is 5.87. The third-order valence-corrected chi connectivity index (χ3v) is 4.36. The van der Waals surface area contributed by atoms with E-state index in [1.54, 1.807) is 14.2 Å². The highest BCUT2D eigenvalue weighted by atomic mass is 16.5. The summed E-state index contributed by atoms with van der Waals surface area (Å²) in [5.41, 5.74) is 3.78. The molecule has 1 N–H and O–H groups in total. The Labute approximate surface area is 128 Å². The molecular formula is C17H28N2O2. The van der Waals surface area contributed by atoms with Gasteiger partial charge in [-0.15, -0.1) is 0 Å². The maximum Gasteiger partial charge on any atom is 0.127 e. The number of nitrogens with zero attached hydrogens (tertiary/aromatic N) is 1. The molecular weight excluding hydrogens is 264 g/mol. The molecule has 21 heavy (non-hydrogen) atoms. The van der Waals surface area contributed by atoms with Gasteiger partial charge in [0.25, 0.3) is 0 Å². The Morgan fingerprint density at radius 3 is 2.67 bits per heavy atom. The molecule has 1 aliphatic heterocycles. The second-order valence-corrected chi connectivity index (χ2v) is 5.87. The molecule has 0 aromatic heterocycles. The predicted octanol–water partition coefficient (Wildman–Crippen LogP) is 2.58. The van der Waals surface area contributed by atoms with Crippen molar-refractivity contribution in [2.75, 3.05) is 27.8 Å². The number of hydrogen-bond acceptors (Lipinski definition) is 4. The lowest BCUT2D eigenvalue weighted by molar-refractivity contribution is 0.223. The summed E-state index contributed by atoms with van der Waals surface area (Å²) < 4.78 is 11.4. The molecule has 0 aliphatic carbocycles. The van der Waals surface area contributed by atoms with Crippen molar-refractivity contribution in [3.05, 3.63) is 22.8 Å². The highest BCUT2D eigenvalue weighted by Gasteiger charge is 2.27. The number of hydrogen-bond donors (Lipinski definition) is 1. The van der Waals surface area contributed by atoms with Gasteiger partial charge in [0.15, 0.2) is 0 Å². The van der Waals surface area contributed by atoms with E-state index in [1.165, 1.54) is 16.7 Å². The molecule has 0 radical (unpaired) electrons. The molecule has 1 heterocycles. The minimum atomic E-state index is 0.523. The lowest BCUT2D eigenvalue weighted by Gasteiger charge is -2.34. The van der Waals surface area contributed by atoms with Gasteiger partial charge in [-0.3, -0.25) is 4.90 Å². The average molecular weight is 292 g/mol. The van der Waals surface area contributed by atoms with Crippen molar-refractivity contribution in [2.24, 2.45) is 0 Å². The quantitative estimate of drug-likeness (QED) is 0.817. The van der Waals surface area contributed by atoms with Crippen molar-refractivity contribution >= 4 is 0 Å². The maximum absolute atomic E-state index is 5.74. The van der Waals surface area contributed by atoms with Gasteiger partial charge in [-0.2, -0.15) is 0 Å². The van der Waals surface area contributed by atoms with Crippen molar-refractivity contribution in [1.29, 1.82) is 0 Å². The molecule has 1 atom stereocenters. The Kier molecular flexibility index (Phi) is 5.48. The number of rotatable bonds is 6. The second kappa shape index (κ2) is 7.14. The third kappa shape index (κ3) is 3.33. The zero-order valence-electron chi connectivity index (χ0n) is 14.0. The minimum absolute atomic E-state index is 0.523. The van der Waals surface area contributed by atoms with Gasteiger partial charge in [0.2, 0.25) is 0 Å². The Morgan fingerprint density at radius 2 is 2.05 bits per heavy atom. The van der Waals surface area contributed by atoms with Gasteiger partial charge in [0.05, 0.1) is 14.2 Å². The number of benzene rings is 1. The highest BCUT2D eigenvalue weighted by molar-refractivity contribution is 5.55. The van der Waals surface area contributed by atoms with Crippen LogP contribution >= 0.6 is 0 Å². The first-order valence-electron chi connectivity index (χ1n) is 7.78. The predicted molar refractivity (Wildman–Crippen MR) is 86.2 cm³/mol. The zero-order valence-corrected chi connectivity index (χ0v) is 14.0. The lowest BCUT2D eigenvalue weighted by Crippen LogP contribution is -2.35. The van der Waals surface area contributed by atoms with E-state index < -0.39 is 0 Å². The van der Waals surface area contributed by atoms with Crippen LogP contribution in [0.15, 0.2) is 6.07 Å². The number of nitrogens with one attached hydrogen (secondary N) is 1. The number of ether oxygens (including phenoxy) is 2. The Balaban J connectivity index is 2.41. The van der Waals surface area contributed by atoms with Gasteiger partial charge in [-0.25, -0.2) is 0 Å². The Bertz CT molecular complexity index is 488. The molecule has 4 nitrogen and oxygen atoms in total. The number of fused-ring (bicyclic) bond motifs is 1. The van der Waals surface area contributed by atoms with Crippen molar-refractivity contribution in [2.45, 2.75) is 45.8 Å². The summed E-state index contributed by atoms with van der Waals surface area (Å²) >= 11 is 0. The van der Waals surface area contributed by atoms with Crippen LogP contribution in [0.4, 0.5) is 0 Å².